The average Bonchev–Trinajstić information content (AvgIpc) is 2.23. The third kappa shape index (κ3) is 4.59. The molecule has 17 heavy (non-hydrogen) atoms. The number of nitrogens with zero attached hydrogens (tertiary/aromatic N) is 1. The Bertz CT molecular complexity index is 189. The molecule has 0 saturated heterocycles. The van der Waals surface area contributed by atoms with Crippen molar-refractivity contribution in [3.63, 3.8) is 0 Å². The Morgan fingerprint density at radius 1 is 1.06 bits per heavy atom. The van der Waals surface area contributed by atoms with Crippen LogP contribution in [0.2, 0.25) is 0 Å². The molecule has 4 unspecified atom stereocenters. The van der Waals surface area contributed by atoms with Gasteiger partial charge in [0.2, 0.25) is 0 Å². The van der Waals surface area contributed by atoms with Crippen molar-refractivity contribution >= 4 is 0 Å². The van der Waals surface area contributed by atoms with Gasteiger partial charge in [-0.15, -0.1) is 0 Å². The van der Waals surface area contributed by atoms with Crippen LogP contribution in [0.1, 0.15) is 53.4 Å². The summed E-state index contributed by atoms with van der Waals surface area (Å²) in [6.45, 7) is 12.5. The van der Waals surface area contributed by atoms with Crippen molar-refractivity contribution in [2.24, 2.45) is 17.8 Å². The highest BCUT2D eigenvalue weighted by Crippen LogP contribution is 2.34. The van der Waals surface area contributed by atoms with E-state index in [1.54, 1.807) is 0 Å². The molecule has 1 rings (SSSR count). The minimum Gasteiger partial charge on any atom is -0.393 e. The molecule has 2 heteroatoms. The molecule has 0 heterocycles. The maximum atomic E-state index is 10.3. The molecule has 1 N–H and O–H groups in total. The zero-order valence-electron chi connectivity index (χ0n) is 12.2. The van der Waals surface area contributed by atoms with Gasteiger partial charge in [0.15, 0.2) is 0 Å². The first-order chi connectivity index (χ1) is 8.08. The van der Waals surface area contributed by atoms with Crippen LogP contribution in [-0.2, 0) is 0 Å². The Hall–Kier alpha value is -0.0800. The van der Waals surface area contributed by atoms with Crippen LogP contribution in [0.25, 0.3) is 0 Å². The highest BCUT2D eigenvalue weighted by atomic mass is 16.3. The molecule has 1 aliphatic carbocycles. The number of hydrogen-bond donors (Lipinski definition) is 1. The largest absolute Gasteiger partial charge is 0.393 e. The number of aliphatic hydroxyl groups is 1. The van der Waals surface area contributed by atoms with Gasteiger partial charge in [0.25, 0.3) is 0 Å². The van der Waals surface area contributed by atoms with E-state index < -0.39 is 0 Å². The van der Waals surface area contributed by atoms with E-state index in [0.29, 0.717) is 17.8 Å². The van der Waals surface area contributed by atoms with E-state index in [1.807, 2.05) is 0 Å². The zero-order chi connectivity index (χ0) is 12.8. The molecule has 102 valence electrons. The highest BCUT2D eigenvalue weighted by molar-refractivity contribution is 4.84. The monoisotopic (exact) mass is 241 g/mol. The first-order valence-electron chi connectivity index (χ1n) is 7.48. The standard InChI is InChI=1S/C15H31NO/c1-5-7-16(8-6-2)11-14-13(4)9-12(3)10-15(14)17/h12-15,17H,5-11H2,1-4H3. The van der Waals surface area contributed by atoms with E-state index in [2.05, 4.69) is 32.6 Å². The van der Waals surface area contributed by atoms with E-state index in [4.69, 9.17) is 0 Å². The zero-order valence-corrected chi connectivity index (χ0v) is 12.2. The fourth-order valence-corrected chi connectivity index (χ4v) is 3.40. The van der Waals surface area contributed by atoms with Crippen molar-refractivity contribution in [2.75, 3.05) is 19.6 Å². The highest BCUT2D eigenvalue weighted by Gasteiger charge is 2.33. The summed E-state index contributed by atoms with van der Waals surface area (Å²) in [6, 6.07) is 0. The molecule has 0 spiro atoms. The van der Waals surface area contributed by atoms with Crippen molar-refractivity contribution in [1.82, 2.24) is 4.90 Å². The normalized spacial score (nSPS) is 34.2. The van der Waals surface area contributed by atoms with Gasteiger partial charge in [0, 0.05) is 12.5 Å². The van der Waals surface area contributed by atoms with Crippen LogP contribution < -0.4 is 0 Å². The van der Waals surface area contributed by atoms with Crippen molar-refractivity contribution in [3.05, 3.63) is 0 Å². The molecule has 4 atom stereocenters. The third-order valence-electron chi connectivity index (χ3n) is 4.19. The van der Waals surface area contributed by atoms with Crippen molar-refractivity contribution in [1.29, 1.82) is 0 Å². The molecular formula is C15H31NO. The molecule has 0 aliphatic heterocycles. The van der Waals surface area contributed by atoms with Crippen molar-refractivity contribution in [2.45, 2.75) is 59.5 Å². The first kappa shape index (κ1) is 15.0. The van der Waals surface area contributed by atoms with Gasteiger partial charge in [0.05, 0.1) is 6.10 Å². The van der Waals surface area contributed by atoms with E-state index in [-0.39, 0.29) is 6.10 Å². The lowest BCUT2D eigenvalue weighted by Crippen LogP contribution is -2.43. The lowest BCUT2D eigenvalue weighted by atomic mass is 9.73. The Labute approximate surface area is 107 Å². The molecule has 0 amide bonds. The fourth-order valence-electron chi connectivity index (χ4n) is 3.40. The summed E-state index contributed by atoms with van der Waals surface area (Å²) in [6.07, 6.45) is 4.64. The maximum absolute atomic E-state index is 10.3. The van der Waals surface area contributed by atoms with Crippen LogP contribution >= 0.6 is 0 Å². The van der Waals surface area contributed by atoms with Gasteiger partial charge < -0.3 is 10.0 Å². The van der Waals surface area contributed by atoms with Gasteiger partial charge in [0.1, 0.15) is 0 Å². The molecule has 1 fully saturated rings. The molecule has 1 saturated carbocycles. The minimum atomic E-state index is -0.0787. The minimum absolute atomic E-state index is 0.0787. The Balaban J connectivity index is 2.51. The lowest BCUT2D eigenvalue weighted by Gasteiger charge is -2.39. The molecule has 0 aromatic heterocycles. The Kier molecular flexibility index (Phi) is 6.50. The molecular weight excluding hydrogens is 210 g/mol. The number of rotatable bonds is 6. The first-order valence-corrected chi connectivity index (χ1v) is 7.48. The van der Waals surface area contributed by atoms with Crippen LogP contribution in [0.15, 0.2) is 0 Å². The summed E-state index contributed by atoms with van der Waals surface area (Å²) < 4.78 is 0. The maximum Gasteiger partial charge on any atom is 0.0585 e. The predicted molar refractivity (Wildman–Crippen MR) is 74.1 cm³/mol. The molecule has 0 radical (unpaired) electrons. The quantitative estimate of drug-likeness (QED) is 0.772. The Morgan fingerprint density at radius 3 is 2.12 bits per heavy atom. The topological polar surface area (TPSA) is 23.5 Å². The summed E-state index contributed by atoms with van der Waals surface area (Å²) in [7, 11) is 0. The molecule has 2 nitrogen and oxygen atoms in total. The van der Waals surface area contributed by atoms with Crippen LogP contribution in [0.4, 0.5) is 0 Å². The summed E-state index contributed by atoms with van der Waals surface area (Å²) >= 11 is 0. The van der Waals surface area contributed by atoms with Crippen LogP contribution in [0.3, 0.4) is 0 Å². The van der Waals surface area contributed by atoms with Gasteiger partial charge in [-0.25, -0.2) is 0 Å². The summed E-state index contributed by atoms with van der Waals surface area (Å²) in [5.41, 5.74) is 0. The van der Waals surface area contributed by atoms with Gasteiger partial charge in [-0.05, 0) is 50.6 Å². The van der Waals surface area contributed by atoms with E-state index in [9.17, 15) is 5.11 Å². The van der Waals surface area contributed by atoms with Crippen LogP contribution in [0.5, 0.6) is 0 Å². The lowest BCUT2D eigenvalue weighted by molar-refractivity contribution is -0.00202. The summed E-state index contributed by atoms with van der Waals surface area (Å²) in [5, 5.41) is 10.3. The van der Waals surface area contributed by atoms with Gasteiger partial charge in [-0.1, -0.05) is 27.7 Å². The van der Waals surface area contributed by atoms with E-state index in [1.165, 1.54) is 32.4 Å². The second kappa shape index (κ2) is 7.38. The van der Waals surface area contributed by atoms with E-state index in [0.717, 1.165) is 13.0 Å². The van der Waals surface area contributed by atoms with Crippen molar-refractivity contribution < 1.29 is 5.11 Å². The van der Waals surface area contributed by atoms with Gasteiger partial charge in [-0.3, -0.25) is 0 Å². The number of aliphatic hydroxyl groups excluding tert-OH is 1. The van der Waals surface area contributed by atoms with Crippen LogP contribution in [0, 0.1) is 17.8 Å². The fraction of sp³-hybridized carbons (Fsp3) is 1.00. The average molecular weight is 241 g/mol. The Morgan fingerprint density at radius 2 is 1.65 bits per heavy atom. The summed E-state index contributed by atoms with van der Waals surface area (Å²) in [5.74, 6) is 1.86. The van der Waals surface area contributed by atoms with Gasteiger partial charge in [-0.2, -0.15) is 0 Å². The molecule has 0 aromatic carbocycles. The SMILES string of the molecule is CCCN(CCC)CC1C(C)CC(C)CC1O. The van der Waals surface area contributed by atoms with E-state index >= 15 is 0 Å². The number of hydrogen-bond acceptors (Lipinski definition) is 2. The van der Waals surface area contributed by atoms with Crippen LogP contribution in [-0.4, -0.2) is 35.7 Å². The summed E-state index contributed by atoms with van der Waals surface area (Å²) in [4.78, 5) is 2.54. The smallest absolute Gasteiger partial charge is 0.0585 e. The second-order valence-electron chi connectivity index (χ2n) is 6.09. The second-order valence-corrected chi connectivity index (χ2v) is 6.09. The molecule has 0 aromatic rings. The predicted octanol–water partition coefficient (Wildman–Crippen LogP) is 3.15. The third-order valence-corrected chi connectivity index (χ3v) is 4.19. The van der Waals surface area contributed by atoms with Crippen molar-refractivity contribution in [3.8, 4) is 0 Å². The molecule has 0 bridgehead atoms. The van der Waals surface area contributed by atoms with Gasteiger partial charge >= 0.3 is 0 Å². The molecule has 1 aliphatic rings.